The lowest BCUT2D eigenvalue weighted by molar-refractivity contribution is -0.231. The number of aromatic amines is 1. The monoisotopic (exact) mass is 563 g/mol. The summed E-state index contributed by atoms with van der Waals surface area (Å²) in [7, 11) is 0. The summed E-state index contributed by atoms with van der Waals surface area (Å²) in [6.07, 6.45) is -5.98. The zero-order valence-corrected chi connectivity index (χ0v) is 22.5. The first-order chi connectivity index (χ1) is 19.2. The van der Waals surface area contributed by atoms with Crippen LogP contribution in [-0.2, 0) is 33.5 Å². The molecule has 0 aliphatic carbocycles. The molecule has 0 radical (unpaired) electrons. The van der Waals surface area contributed by atoms with Crippen LogP contribution in [0, 0.1) is 12.7 Å². The van der Waals surface area contributed by atoms with E-state index in [1.165, 1.54) is 12.1 Å². The highest BCUT2D eigenvalue weighted by molar-refractivity contribution is 5.32. The van der Waals surface area contributed by atoms with Crippen LogP contribution >= 0.6 is 0 Å². The van der Waals surface area contributed by atoms with Gasteiger partial charge in [0.25, 0.3) is 0 Å². The molecule has 3 aromatic rings. The third-order valence-corrected chi connectivity index (χ3v) is 7.30. The van der Waals surface area contributed by atoms with Gasteiger partial charge in [-0.2, -0.15) is 13.2 Å². The topological polar surface area (TPSA) is 75.7 Å². The second-order valence-electron chi connectivity index (χ2n) is 10.2. The van der Waals surface area contributed by atoms with E-state index in [4.69, 9.17) is 14.2 Å². The number of halogens is 4. The lowest BCUT2D eigenvalue weighted by Gasteiger charge is -2.42. The molecule has 0 bridgehead atoms. The highest BCUT2D eigenvalue weighted by Crippen LogP contribution is 2.37. The molecule has 0 spiro atoms. The summed E-state index contributed by atoms with van der Waals surface area (Å²) in [5.74, 6) is -0.374. The number of alkyl halides is 3. The quantitative estimate of drug-likeness (QED) is 0.396. The molecular formula is C28H33F4N5O3. The van der Waals surface area contributed by atoms with Gasteiger partial charge in [0.1, 0.15) is 11.5 Å². The summed E-state index contributed by atoms with van der Waals surface area (Å²) in [5.41, 5.74) is 2.60. The maximum atomic E-state index is 13.8. The minimum Gasteiger partial charge on any atom is -0.379 e. The van der Waals surface area contributed by atoms with Crippen molar-refractivity contribution in [3.63, 3.8) is 0 Å². The van der Waals surface area contributed by atoms with E-state index in [2.05, 4.69) is 25.2 Å². The number of hydrogen-bond acceptors (Lipinski definition) is 7. The van der Waals surface area contributed by atoms with Gasteiger partial charge in [-0.15, -0.1) is 5.10 Å². The second kappa shape index (κ2) is 12.3. The number of aryl methyl sites for hydroxylation is 1. The lowest BCUT2D eigenvalue weighted by Crippen LogP contribution is -2.46. The SMILES string of the molecule is Cc1cc([C@@H](C)OC2OCCN(Cc3nn[nH]c3CN3CCOCC3)C2c2ccc(F)cc2)cc(C(F)(F)F)c1. The maximum Gasteiger partial charge on any atom is 0.416 e. The standard InChI is InChI=1S/C28H33F4N5O3/c1-18-13-21(15-22(14-18)28(30,31)32)19(2)40-27-26(20-3-5-23(29)6-4-20)37(9-12-39-27)17-25-24(33-35-34-25)16-36-7-10-38-11-8-36/h3-6,13-15,19,26-27H,7-12,16-17H2,1-2H3,(H,33,34,35)/t19-,26?,27?/m1/s1. The van der Waals surface area contributed by atoms with Crippen molar-refractivity contribution in [1.29, 1.82) is 0 Å². The van der Waals surface area contributed by atoms with Gasteiger partial charge in [0.2, 0.25) is 0 Å². The van der Waals surface area contributed by atoms with Crippen molar-refractivity contribution in [1.82, 2.24) is 25.2 Å². The highest BCUT2D eigenvalue weighted by atomic mass is 19.4. The van der Waals surface area contributed by atoms with Crippen molar-refractivity contribution in [2.24, 2.45) is 0 Å². The van der Waals surface area contributed by atoms with Crippen LogP contribution in [0.3, 0.4) is 0 Å². The number of ether oxygens (including phenoxy) is 3. The molecule has 0 saturated carbocycles. The molecule has 8 nitrogen and oxygen atoms in total. The number of H-pyrrole nitrogens is 1. The Morgan fingerprint density at radius 1 is 1.05 bits per heavy atom. The molecule has 12 heteroatoms. The largest absolute Gasteiger partial charge is 0.416 e. The van der Waals surface area contributed by atoms with E-state index in [0.717, 1.165) is 42.2 Å². The van der Waals surface area contributed by atoms with E-state index in [1.54, 1.807) is 32.0 Å². The van der Waals surface area contributed by atoms with Crippen molar-refractivity contribution in [3.05, 3.63) is 81.9 Å². The number of nitrogens with one attached hydrogen (secondary N) is 1. The molecule has 5 rings (SSSR count). The third-order valence-electron chi connectivity index (χ3n) is 7.30. The predicted molar refractivity (Wildman–Crippen MR) is 137 cm³/mol. The van der Waals surface area contributed by atoms with Crippen molar-refractivity contribution in [2.45, 2.75) is 51.5 Å². The predicted octanol–water partition coefficient (Wildman–Crippen LogP) is 4.78. The van der Waals surface area contributed by atoms with Crippen LogP contribution in [0.15, 0.2) is 42.5 Å². The molecule has 0 amide bonds. The van der Waals surface area contributed by atoms with Gasteiger partial charge >= 0.3 is 6.18 Å². The van der Waals surface area contributed by atoms with Gasteiger partial charge < -0.3 is 14.2 Å². The van der Waals surface area contributed by atoms with Gasteiger partial charge in [-0.1, -0.05) is 29.0 Å². The molecule has 1 N–H and O–H groups in total. The van der Waals surface area contributed by atoms with Gasteiger partial charge in [0, 0.05) is 32.7 Å². The minimum atomic E-state index is -4.47. The second-order valence-corrected chi connectivity index (χ2v) is 10.2. The van der Waals surface area contributed by atoms with E-state index in [1.807, 2.05) is 0 Å². The first-order valence-electron chi connectivity index (χ1n) is 13.3. The Balaban J connectivity index is 1.39. The van der Waals surface area contributed by atoms with Gasteiger partial charge in [0.15, 0.2) is 6.29 Å². The van der Waals surface area contributed by atoms with E-state index in [-0.39, 0.29) is 5.82 Å². The van der Waals surface area contributed by atoms with E-state index in [0.29, 0.717) is 50.6 Å². The maximum absolute atomic E-state index is 13.8. The van der Waals surface area contributed by atoms with Gasteiger partial charge in [-0.05, 0) is 49.2 Å². The Labute approximate surface area is 230 Å². The summed E-state index contributed by atoms with van der Waals surface area (Å²) in [4.78, 5) is 4.40. The Morgan fingerprint density at radius 2 is 1.80 bits per heavy atom. The summed E-state index contributed by atoms with van der Waals surface area (Å²) in [6.45, 7) is 8.28. The molecule has 2 unspecified atom stereocenters. The first kappa shape index (κ1) is 28.6. The smallest absolute Gasteiger partial charge is 0.379 e. The molecule has 2 fully saturated rings. The van der Waals surface area contributed by atoms with Gasteiger partial charge in [-0.25, -0.2) is 4.39 Å². The fourth-order valence-electron chi connectivity index (χ4n) is 5.20. The number of benzene rings is 2. The average molecular weight is 564 g/mol. The number of morpholine rings is 2. The van der Waals surface area contributed by atoms with E-state index >= 15 is 0 Å². The van der Waals surface area contributed by atoms with Crippen molar-refractivity contribution in [3.8, 4) is 0 Å². The summed E-state index contributed by atoms with van der Waals surface area (Å²) in [5, 5.41) is 11.4. The molecule has 1 aromatic heterocycles. The molecule has 2 aliphatic heterocycles. The molecular weight excluding hydrogens is 530 g/mol. The zero-order chi connectivity index (χ0) is 28.3. The van der Waals surface area contributed by atoms with Crippen LogP contribution in [-0.4, -0.2) is 71.0 Å². The Kier molecular flexibility index (Phi) is 8.81. The minimum absolute atomic E-state index is 0.341. The Bertz CT molecular complexity index is 1260. The van der Waals surface area contributed by atoms with Crippen LogP contribution in [0.1, 0.15) is 52.7 Å². The zero-order valence-electron chi connectivity index (χ0n) is 22.5. The van der Waals surface area contributed by atoms with Crippen LogP contribution < -0.4 is 0 Å². The van der Waals surface area contributed by atoms with Crippen LogP contribution in [0.5, 0.6) is 0 Å². The van der Waals surface area contributed by atoms with E-state index in [9.17, 15) is 17.6 Å². The van der Waals surface area contributed by atoms with Crippen LogP contribution in [0.2, 0.25) is 0 Å². The number of aromatic nitrogens is 3. The Morgan fingerprint density at radius 3 is 2.52 bits per heavy atom. The van der Waals surface area contributed by atoms with E-state index < -0.39 is 30.2 Å². The van der Waals surface area contributed by atoms with Crippen molar-refractivity contribution < 1.29 is 31.8 Å². The number of nitrogens with zero attached hydrogens (tertiary/aromatic N) is 4. The fraction of sp³-hybridized carbons (Fsp3) is 0.500. The Hall–Kier alpha value is -2.90. The molecule has 40 heavy (non-hydrogen) atoms. The van der Waals surface area contributed by atoms with Crippen LogP contribution in [0.25, 0.3) is 0 Å². The van der Waals surface area contributed by atoms with Crippen molar-refractivity contribution in [2.75, 3.05) is 39.5 Å². The van der Waals surface area contributed by atoms with Crippen molar-refractivity contribution >= 4 is 0 Å². The normalized spacial score (nSPS) is 21.9. The van der Waals surface area contributed by atoms with Gasteiger partial charge in [0.05, 0.1) is 43.2 Å². The number of hydrogen-bond donors (Lipinski definition) is 1. The fourth-order valence-corrected chi connectivity index (χ4v) is 5.20. The first-order valence-corrected chi connectivity index (χ1v) is 13.3. The molecule has 2 saturated heterocycles. The molecule has 2 aromatic carbocycles. The summed E-state index contributed by atoms with van der Waals surface area (Å²) < 4.78 is 72.0. The average Bonchev–Trinajstić information content (AvgIpc) is 3.35. The highest BCUT2D eigenvalue weighted by Gasteiger charge is 2.37. The molecule has 3 atom stereocenters. The molecule has 2 aliphatic rings. The lowest BCUT2D eigenvalue weighted by atomic mass is 10.0. The summed E-state index contributed by atoms with van der Waals surface area (Å²) >= 11 is 0. The summed E-state index contributed by atoms with van der Waals surface area (Å²) in [6, 6.07) is 9.54. The van der Waals surface area contributed by atoms with Gasteiger partial charge in [-0.3, -0.25) is 14.9 Å². The molecule has 216 valence electrons. The molecule has 3 heterocycles. The van der Waals surface area contributed by atoms with Crippen LogP contribution in [0.4, 0.5) is 17.6 Å². The third kappa shape index (κ3) is 6.87. The number of rotatable bonds is 8.